The van der Waals surface area contributed by atoms with E-state index in [0.717, 1.165) is 0 Å². The lowest BCUT2D eigenvalue weighted by Crippen LogP contribution is -2.55. The SMILES string of the molecule is N#Cc1ccc(C(=O)N2CCN(C(=O)C3CCCN3S(=O)(=O)c3ccc(Cl)c(CBr)c3Cl)CC2)cc1. The van der Waals surface area contributed by atoms with Gasteiger partial charge < -0.3 is 9.80 Å². The van der Waals surface area contributed by atoms with Crippen LogP contribution in [0.25, 0.3) is 0 Å². The van der Waals surface area contributed by atoms with Crippen molar-refractivity contribution in [3.05, 3.63) is 63.1 Å². The number of hydrogen-bond donors (Lipinski definition) is 0. The standard InChI is InChI=1S/C24H23BrCl2N4O4S/c25-14-18-19(26)7-8-21(22(18)27)36(34,35)31-9-1-2-20(31)24(33)30-12-10-29(11-13-30)23(32)17-5-3-16(15-28)4-6-17/h3-8,20H,1-2,9-14H2. The zero-order valence-corrected chi connectivity index (χ0v) is 23.1. The van der Waals surface area contributed by atoms with Crippen molar-refractivity contribution in [3.8, 4) is 6.07 Å². The van der Waals surface area contributed by atoms with Gasteiger partial charge in [-0.15, -0.1) is 0 Å². The van der Waals surface area contributed by atoms with Crippen LogP contribution in [-0.2, 0) is 20.1 Å². The lowest BCUT2D eigenvalue weighted by atomic mass is 10.1. The highest BCUT2D eigenvalue weighted by molar-refractivity contribution is 9.08. The molecule has 2 amide bonds. The molecule has 2 aromatic rings. The maximum absolute atomic E-state index is 13.5. The van der Waals surface area contributed by atoms with E-state index in [-0.39, 0.29) is 28.3 Å². The van der Waals surface area contributed by atoms with Gasteiger partial charge in [0, 0.05) is 54.2 Å². The fourth-order valence-corrected chi connectivity index (χ4v) is 7.95. The van der Waals surface area contributed by atoms with Crippen LogP contribution < -0.4 is 0 Å². The third kappa shape index (κ3) is 5.13. The summed E-state index contributed by atoms with van der Waals surface area (Å²) in [6.45, 7) is 1.50. The predicted molar refractivity (Wildman–Crippen MR) is 140 cm³/mol. The minimum Gasteiger partial charge on any atom is -0.338 e. The van der Waals surface area contributed by atoms with Crippen LogP contribution in [0.1, 0.15) is 34.3 Å². The first-order chi connectivity index (χ1) is 17.2. The Labute approximate surface area is 228 Å². The topological polar surface area (TPSA) is 102 Å². The van der Waals surface area contributed by atoms with E-state index in [4.69, 9.17) is 28.5 Å². The first-order valence-corrected chi connectivity index (χ1v) is 14.6. The van der Waals surface area contributed by atoms with E-state index in [1.807, 2.05) is 6.07 Å². The third-order valence-corrected chi connectivity index (χ3v) is 9.91. The van der Waals surface area contributed by atoms with Crippen LogP contribution in [0.5, 0.6) is 0 Å². The van der Waals surface area contributed by atoms with Crippen LogP contribution in [-0.4, -0.2) is 73.1 Å². The molecule has 0 N–H and O–H groups in total. The molecule has 0 spiro atoms. The van der Waals surface area contributed by atoms with E-state index >= 15 is 0 Å². The van der Waals surface area contributed by atoms with Crippen LogP contribution >= 0.6 is 39.1 Å². The van der Waals surface area contributed by atoms with E-state index in [9.17, 15) is 18.0 Å². The summed E-state index contributed by atoms with van der Waals surface area (Å²) in [5, 5.41) is 9.63. The Morgan fingerprint density at radius 2 is 1.64 bits per heavy atom. The molecule has 2 aliphatic heterocycles. The molecule has 2 aromatic carbocycles. The minimum atomic E-state index is -4.03. The van der Waals surface area contributed by atoms with Gasteiger partial charge in [-0.25, -0.2) is 8.42 Å². The lowest BCUT2D eigenvalue weighted by molar-refractivity contribution is -0.136. The van der Waals surface area contributed by atoms with Gasteiger partial charge in [-0.05, 0) is 49.2 Å². The predicted octanol–water partition coefficient (Wildman–Crippen LogP) is 3.90. The number of hydrogen-bond acceptors (Lipinski definition) is 5. The van der Waals surface area contributed by atoms with Gasteiger partial charge in [0.05, 0.1) is 16.7 Å². The molecule has 0 bridgehead atoms. The molecule has 2 fully saturated rings. The van der Waals surface area contributed by atoms with Crippen molar-refractivity contribution in [2.45, 2.75) is 29.1 Å². The Morgan fingerprint density at radius 3 is 2.25 bits per heavy atom. The quantitative estimate of drug-likeness (QED) is 0.476. The smallest absolute Gasteiger partial charge is 0.253 e. The van der Waals surface area contributed by atoms with Gasteiger partial charge in [0.1, 0.15) is 10.9 Å². The highest BCUT2D eigenvalue weighted by Gasteiger charge is 2.42. The number of alkyl halides is 1. The van der Waals surface area contributed by atoms with Crippen molar-refractivity contribution >= 4 is 61.0 Å². The van der Waals surface area contributed by atoms with Crippen LogP contribution in [0, 0.1) is 11.3 Å². The molecule has 0 saturated carbocycles. The van der Waals surface area contributed by atoms with Crippen molar-refractivity contribution in [1.82, 2.24) is 14.1 Å². The first kappa shape index (κ1) is 26.9. The van der Waals surface area contributed by atoms with Gasteiger partial charge in [-0.3, -0.25) is 9.59 Å². The average Bonchev–Trinajstić information content (AvgIpc) is 3.39. The average molecular weight is 614 g/mol. The second-order valence-electron chi connectivity index (χ2n) is 8.55. The molecule has 0 aromatic heterocycles. The van der Waals surface area contributed by atoms with Crippen molar-refractivity contribution in [3.63, 3.8) is 0 Å². The summed E-state index contributed by atoms with van der Waals surface area (Å²) in [4.78, 5) is 29.4. The van der Waals surface area contributed by atoms with E-state index in [1.165, 1.54) is 16.4 Å². The van der Waals surface area contributed by atoms with Crippen LogP contribution in [0.15, 0.2) is 41.3 Å². The Hall–Kier alpha value is -2.16. The van der Waals surface area contributed by atoms with E-state index in [1.54, 1.807) is 34.1 Å². The Bertz CT molecular complexity index is 1320. The zero-order chi connectivity index (χ0) is 26.0. The molecule has 0 aliphatic carbocycles. The number of carbonyl (C=O) groups excluding carboxylic acids is 2. The number of nitrogens with zero attached hydrogens (tertiary/aromatic N) is 4. The molecule has 2 heterocycles. The first-order valence-electron chi connectivity index (χ1n) is 11.3. The summed E-state index contributed by atoms with van der Waals surface area (Å²) in [5.74, 6) is -0.441. The zero-order valence-electron chi connectivity index (χ0n) is 19.2. The summed E-state index contributed by atoms with van der Waals surface area (Å²) >= 11 is 15.8. The monoisotopic (exact) mass is 612 g/mol. The number of benzene rings is 2. The summed E-state index contributed by atoms with van der Waals surface area (Å²) in [7, 11) is -4.03. The van der Waals surface area contributed by atoms with Gasteiger partial charge in [-0.1, -0.05) is 39.1 Å². The van der Waals surface area contributed by atoms with Crippen molar-refractivity contribution in [2.75, 3.05) is 32.7 Å². The Morgan fingerprint density at radius 1 is 1.00 bits per heavy atom. The molecule has 0 radical (unpaired) electrons. The fraction of sp³-hybridized carbons (Fsp3) is 0.375. The van der Waals surface area contributed by atoms with E-state index in [2.05, 4.69) is 15.9 Å². The fourth-order valence-electron chi connectivity index (χ4n) is 4.51. The second-order valence-corrected chi connectivity index (χ2v) is 11.8. The highest BCUT2D eigenvalue weighted by Crippen LogP contribution is 2.36. The number of nitriles is 1. The van der Waals surface area contributed by atoms with Gasteiger partial charge in [0.2, 0.25) is 15.9 Å². The van der Waals surface area contributed by atoms with Gasteiger partial charge in [-0.2, -0.15) is 9.57 Å². The van der Waals surface area contributed by atoms with Crippen molar-refractivity contribution in [2.24, 2.45) is 0 Å². The lowest BCUT2D eigenvalue weighted by Gasteiger charge is -2.37. The number of halogens is 3. The molecular weight excluding hydrogens is 591 g/mol. The van der Waals surface area contributed by atoms with Crippen molar-refractivity contribution in [1.29, 1.82) is 5.26 Å². The van der Waals surface area contributed by atoms with Crippen molar-refractivity contribution < 1.29 is 18.0 Å². The van der Waals surface area contributed by atoms with Gasteiger partial charge in [0.15, 0.2) is 0 Å². The Kier molecular flexibility index (Phi) is 8.27. The normalized spacial score (nSPS) is 18.8. The summed E-state index contributed by atoms with van der Waals surface area (Å²) in [6.07, 6.45) is 0.974. The molecule has 4 rings (SSSR count). The summed E-state index contributed by atoms with van der Waals surface area (Å²) < 4.78 is 28.3. The molecule has 12 heteroatoms. The molecule has 36 heavy (non-hydrogen) atoms. The van der Waals surface area contributed by atoms with Gasteiger partial charge >= 0.3 is 0 Å². The molecule has 1 atom stereocenters. The number of carbonyl (C=O) groups is 2. The molecular formula is C24H23BrCl2N4O4S. The minimum absolute atomic E-state index is 0.0485. The highest BCUT2D eigenvalue weighted by atomic mass is 79.9. The maximum Gasteiger partial charge on any atom is 0.253 e. The molecule has 190 valence electrons. The number of sulfonamides is 1. The molecule has 2 saturated heterocycles. The van der Waals surface area contributed by atoms with Gasteiger partial charge in [0.25, 0.3) is 5.91 Å². The maximum atomic E-state index is 13.5. The molecule has 1 unspecified atom stereocenters. The molecule has 2 aliphatic rings. The Balaban J connectivity index is 1.46. The number of amides is 2. The van der Waals surface area contributed by atoms with Crippen LogP contribution in [0.3, 0.4) is 0 Å². The van der Waals surface area contributed by atoms with Crippen LogP contribution in [0.4, 0.5) is 0 Å². The van der Waals surface area contributed by atoms with Crippen LogP contribution in [0.2, 0.25) is 10.0 Å². The second kappa shape index (κ2) is 11.1. The number of piperazine rings is 1. The summed E-state index contributed by atoms with van der Waals surface area (Å²) in [5.41, 5.74) is 1.43. The largest absolute Gasteiger partial charge is 0.338 e. The van der Waals surface area contributed by atoms with E-state index < -0.39 is 16.1 Å². The summed E-state index contributed by atoms with van der Waals surface area (Å²) in [6, 6.07) is 10.5. The third-order valence-electron chi connectivity index (χ3n) is 6.50. The molecule has 8 nitrogen and oxygen atoms in total. The van der Waals surface area contributed by atoms with E-state index in [0.29, 0.717) is 66.1 Å². The number of rotatable bonds is 5.